The van der Waals surface area contributed by atoms with Crippen LogP contribution in [0.4, 0.5) is 11.4 Å². The van der Waals surface area contributed by atoms with E-state index in [1.165, 1.54) is 17.7 Å². The Labute approximate surface area is 202 Å². The molecule has 4 aromatic rings. The first kappa shape index (κ1) is 21.8. The molecule has 5 rings (SSSR count). The van der Waals surface area contributed by atoms with E-state index in [9.17, 15) is 10.1 Å². The van der Waals surface area contributed by atoms with Crippen molar-refractivity contribution in [2.24, 2.45) is 0 Å². The molecule has 1 saturated heterocycles. The second-order valence-corrected chi connectivity index (χ2v) is 8.41. The third-order valence-electron chi connectivity index (χ3n) is 5.98. The molecule has 1 aliphatic rings. The number of hydrogen-bond acceptors (Lipinski definition) is 5. The average molecular weight is 471 g/mol. The summed E-state index contributed by atoms with van der Waals surface area (Å²) in [6.45, 7) is 2.12. The van der Waals surface area contributed by atoms with Crippen LogP contribution < -0.4 is 10.2 Å². The Morgan fingerprint density at radius 3 is 2.62 bits per heavy atom. The zero-order valence-electron chi connectivity index (χ0n) is 18.4. The third kappa shape index (κ3) is 4.04. The molecule has 8 heteroatoms. The molecular weight excluding hydrogens is 448 g/mol. The van der Waals surface area contributed by atoms with Gasteiger partial charge in [-0.25, -0.2) is 0 Å². The molecule has 2 aromatic carbocycles. The van der Waals surface area contributed by atoms with Crippen LogP contribution >= 0.6 is 12.2 Å². The molecule has 1 fully saturated rings. The number of pyridine rings is 1. The summed E-state index contributed by atoms with van der Waals surface area (Å²) in [6.07, 6.45) is 2.71. The van der Waals surface area contributed by atoms with Gasteiger partial charge in [0.25, 0.3) is 5.69 Å². The van der Waals surface area contributed by atoms with Crippen molar-refractivity contribution in [1.29, 1.82) is 0 Å². The monoisotopic (exact) mass is 470 g/mol. The van der Waals surface area contributed by atoms with Gasteiger partial charge in [0.05, 0.1) is 16.7 Å². The first-order valence-corrected chi connectivity index (χ1v) is 11.4. The molecule has 34 heavy (non-hydrogen) atoms. The van der Waals surface area contributed by atoms with Gasteiger partial charge < -0.3 is 14.6 Å². The van der Waals surface area contributed by atoms with Crippen LogP contribution in [0.1, 0.15) is 36.0 Å². The number of thiocarbonyl (C=S) groups is 1. The summed E-state index contributed by atoms with van der Waals surface area (Å²) in [5.74, 6) is 1.24. The van der Waals surface area contributed by atoms with Crippen LogP contribution in [0, 0.1) is 10.1 Å². The molecule has 1 aliphatic heterocycles. The van der Waals surface area contributed by atoms with Gasteiger partial charge >= 0.3 is 0 Å². The van der Waals surface area contributed by atoms with Gasteiger partial charge in [-0.05, 0) is 60.6 Å². The molecule has 0 aliphatic carbocycles. The Morgan fingerprint density at radius 2 is 1.91 bits per heavy atom. The smallest absolute Gasteiger partial charge is 0.270 e. The molecule has 0 unspecified atom stereocenters. The highest BCUT2D eigenvalue weighted by Crippen LogP contribution is 2.43. The van der Waals surface area contributed by atoms with Crippen molar-refractivity contribution in [1.82, 2.24) is 10.3 Å². The number of aryl methyl sites for hydroxylation is 1. The van der Waals surface area contributed by atoms with Gasteiger partial charge in [-0.3, -0.25) is 15.1 Å². The van der Waals surface area contributed by atoms with Crippen molar-refractivity contribution in [2.75, 3.05) is 4.90 Å². The second-order valence-electron chi connectivity index (χ2n) is 8.03. The Morgan fingerprint density at radius 1 is 1.09 bits per heavy atom. The zero-order valence-corrected chi connectivity index (χ0v) is 19.2. The highest BCUT2D eigenvalue weighted by molar-refractivity contribution is 7.80. The van der Waals surface area contributed by atoms with Crippen molar-refractivity contribution < 1.29 is 9.34 Å². The highest BCUT2D eigenvalue weighted by Gasteiger charge is 2.42. The summed E-state index contributed by atoms with van der Waals surface area (Å²) in [4.78, 5) is 17.4. The second kappa shape index (κ2) is 9.07. The topological polar surface area (TPSA) is 84.4 Å². The number of hydrogen-bond donors (Lipinski definition) is 1. The fourth-order valence-electron chi connectivity index (χ4n) is 4.25. The number of nitro benzene ring substituents is 1. The quantitative estimate of drug-likeness (QED) is 0.210. The number of aromatic nitrogens is 1. The van der Waals surface area contributed by atoms with E-state index in [1.54, 1.807) is 18.3 Å². The van der Waals surface area contributed by atoms with Crippen molar-refractivity contribution in [3.8, 4) is 11.3 Å². The number of rotatable bonds is 6. The maximum Gasteiger partial charge on any atom is 0.270 e. The summed E-state index contributed by atoms with van der Waals surface area (Å²) in [5, 5.41) is 15.2. The Bertz CT molecular complexity index is 1340. The maximum absolute atomic E-state index is 11.2. The van der Waals surface area contributed by atoms with Crippen LogP contribution in [0.25, 0.3) is 11.3 Å². The molecule has 2 aromatic heterocycles. The molecule has 0 saturated carbocycles. The van der Waals surface area contributed by atoms with E-state index < -0.39 is 4.92 Å². The lowest BCUT2D eigenvalue weighted by Gasteiger charge is -2.26. The molecule has 0 amide bonds. The largest absolute Gasteiger partial charge is 0.459 e. The van der Waals surface area contributed by atoms with Crippen LogP contribution in [0.3, 0.4) is 0 Å². The molecule has 3 heterocycles. The maximum atomic E-state index is 11.2. The highest BCUT2D eigenvalue weighted by atomic mass is 32.1. The van der Waals surface area contributed by atoms with E-state index in [0.717, 1.165) is 17.8 Å². The number of nitrogens with zero attached hydrogens (tertiary/aromatic N) is 3. The van der Waals surface area contributed by atoms with Crippen LogP contribution in [0.2, 0.25) is 0 Å². The normalized spacial score (nSPS) is 17.6. The zero-order chi connectivity index (χ0) is 23.7. The number of benzene rings is 2. The minimum atomic E-state index is -0.411. The Balaban J connectivity index is 1.58. The van der Waals surface area contributed by atoms with Crippen molar-refractivity contribution in [3.05, 3.63) is 112 Å². The van der Waals surface area contributed by atoms with Crippen molar-refractivity contribution >= 4 is 28.7 Å². The van der Waals surface area contributed by atoms with Gasteiger partial charge in [0.1, 0.15) is 17.6 Å². The number of nitrogens with one attached hydrogen (secondary N) is 1. The molecule has 2 atom stereocenters. The van der Waals surface area contributed by atoms with Gasteiger partial charge in [0.15, 0.2) is 5.11 Å². The SMILES string of the molecule is CCc1ccc(N2C(=S)N[C@@H](c3ccccn3)[C@H]2c2ccc(-c3cccc([N+](=O)[O-])c3)o2)cc1. The molecule has 1 N–H and O–H groups in total. The molecule has 0 radical (unpaired) electrons. The Hall–Kier alpha value is -4.04. The van der Waals surface area contributed by atoms with E-state index in [4.69, 9.17) is 16.6 Å². The predicted octanol–water partition coefficient (Wildman–Crippen LogP) is 5.99. The molecular formula is C26H22N4O3S. The minimum Gasteiger partial charge on any atom is -0.459 e. The third-order valence-corrected chi connectivity index (χ3v) is 6.30. The van der Waals surface area contributed by atoms with E-state index in [1.807, 2.05) is 35.2 Å². The van der Waals surface area contributed by atoms with E-state index in [2.05, 4.69) is 41.5 Å². The summed E-state index contributed by atoms with van der Waals surface area (Å²) < 4.78 is 6.29. The van der Waals surface area contributed by atoms with Gasteiger partial charge in [-0.2, -0.15) is 0 Å². The van der Waals surface area contributed by atoms with E-state index >= 15 is 0 Å². The van der Waals surface area contributed by atoms with Gasteiger partial charge in [-0.1, -0.05) is 37.3 Å². The first-order valence-electron chi connectivity index (χ1n) is 11.0. The van der Waals surface area contributed by atoms with Gasteiger partial charge in [-0.15, -0.1) is 0 Å². The molecule has 7 nitrogen and oxygen atoms in total. The van der Waals surface area contributed by atoms with Crippen molar-refractivity contribution in [3.63, 3.8) is 0 Å². The fraction of sp³-hybridized carbons (Fsp3) is 0.154. The lowest BCUT2D eigenvalue weighted by atomic mass is 10.0. The number of furan rings is 1. The minimum absolute atomic E-state index is 0.0168. The fourth-order valence-corrected chi connectivity index (χ4v) is 4.60. The number of anilines is 1. The number of nitro groups is 1. The summed E-state index contributed by atoms with van der Waals surface area (Å²) in [6, 6.07) is 23.7. The van der Waals surface area contributed by atoms with E-state index in [-0.39, 0.29) is 17.8 Å². The van der Waals surface area contributed by atoms with Crippen LogP contribution in [0.15, 0.2) is 89.5 Å². The number of non-ortho nitro benzene ring substituents is 1. The van der Waals surface area contributed by atoms with Gasteiger partial charge in [0, 0.05) is 29.6 Å². The standard InChI is InChI=1S/C26H22N4O3S/c1-2-17-9-11-19(12-10-17)29-25(24(28-26(29)34)21-8-3-4-15-27-21)23-14-13-22(33-23)18-6-5-7-20(16-18)30(31)32/h3-16,24-25H,2H2,1H3,(H,28,34)/t24-,25+/m0/s1. The van der Waals surface area contributed by atoms with Crippen LogP contribution in [-0.4, -0.2) is 15.0 Å². The molecule has 0 bridgehead atoms. The summed E-state index contributed by atoms with van der Waals surface area (Å²) >= 11 is 5.75. The lowest BCUT2D eigenvalue weighted by molar-refractivity contribution is -0.384. The predicted molar refractivity (Wildman–Crippen MR) is 135 cm³/mol. The summed E-state index contributed by atoms with van der Waals surface area (Å²) in [5.41, 5.74) is 3.69. The Kier molecular flexibility index (Phi) is 5.81. The average Bonchev–Trinajstić information content (AvgIpc) is 3.49. The first-order chi connectivity index (χ1) is 16.5. The summed E-state index contributed by atoms with van der Waals surface area (Å²) in [7, 11) is 0. The van der Waals surface area contributed by atoms with E-state index in [0.29, 0.717) is 22.2 Å². The van der Waals surface area contributed by atoms with Crippen LogP contribution in [-0.2, 0) is 6.42 Å². The molecule has 170 valence electrons. The van der Waals surface area contributed by atoms with Gasteiger partial charge in [0.2, 0.25) is 0 Å². The van der Waals surface area contributed by atoms with Crippen molar-refractivity contribution in [2.45, 2.75) is 25.4 Å². The lowest BCUT2D eigenvalue weighted by Crippen LogP contribution is -2.29. The van der Waals surface area contributed by atoms with Crippen LogP contribution in [0.5, 0.6) is 0 Å². The molecule has 0 spiro atoms.